The van der Waals surface area contributed by atoms with Crippen LogP contribution in [0.2, 0.25) is 0 Å². The van der Waals surface area contributed by atoms with E-state index < -0.39 is 0 Å². The number of hydrogen-bond acceptors (Lipinski definition) is 5. The van der Waals surface area contributed by atoms with E-state index in [9.17, 15) is 4.79 Å². The molecule has 34 heavy (non-hydrogen) atoms. The highest BCUT2D eigenvalue weighted by Gasteiger charge is 2.19. The van der Waals surface area contributed by atoms with Crippen LogP contribution >= 0.6 is 0 Å². The van der Waals surface area contributed by atoms with Crippen LogP contribution < -0.4 is 19.8 Å². The summed E-state index contributed by atoms with van der Waals surface area (Å²) in [6, 6.07) is 22.6. The molecule has 4 aromatic rings. The first-order valence-electron chi connectivity index (χ1n) is 10.8. The van der Waals surface area contributed by atoms with Crippen molar-refractivity contribution in [1.29, 1.82) is 0 Å². The van der Waals surface area contributed by atoms with Gasteiger partial charge in [-0.05, 0) is 73.2 Å². The Morgan fingerprint density at radius 2 is 1.47 bits per heavy atom. The Hall–Kier alpha value is -4.26. The zero-order valence-corrected chi connectivity index (χ0v) is 19.7. The lowest BCUT2D eigenvalue weighted by atomic mass is 10.0. The summed E-state index contributed by atoms with van der Waals surface area (Å²) in [5, 5.41) is 3.28. The monoisotopic (exact) mass is 457 g/mol. The fourth-order valence-corrected chi connectivity index (χ4v) is 3.71. The summed E-state index contributed by atoms with van der Waals surface area (Å²) in [7, 11) is 4.87. The Labute approximate surface area is 198 Å². The number of ether oxygens (including phenoxy) is 3. The second-order valence-corrected chi connectivity index (χ2v) is 7.68. The summed E-state index contributed by atoms with van der Waals surface area (Å²) in [5.74, 6) is 2.23. The van der Waals surface area contributed by atoms with Gasteiger partial charge in [-0.1, -0.05) is 12.1 Å². The average Bonchev–Trinajstić information content (AvgIpc) is 3.24. The molecule has 0 unspecified atom stereocenters. The summed E-state index contributed by atoms with van der Waals surface area (Å²) in [4.78, 5) is 18.3. The molecule has 1 N–H and O–H groups in total. The topological polar surface area (TPSA) is 77.8 Å². The van der Waals surface area contributed by atoms with Gasteiger partial charge in [-0.25, -0.2) is 4.68 Å². The molecule has 0 amide bonds. The predicted molar refractivity (Wildman–Crippen MR) is 134 cm³/mol. The third kappa shape index (κ3) is 4.73. The van der Waals surface area contributed by atoms with Gasteiger partial charge in [-0.15, -0.1) is 0 Å². The summed E-state index contributed by atoms with van der Waals surface area (Å²) in [6.45, 7) is 2.29. The first-order chi connectivity index (χ1) is 16.5. The van der Waals surface area contributed by atoms with Crippen molar-refractivity contribution in [2.24, 2.45) is 4.99 Å². The molecule has 4 rings (SSSR count). The number of benzene rings is 3. The molecule has 7 nitrogen and oxygen atoms in total. The van der Waals surface area contributed by atoms with E-state index in [1.54, 1.807) is 21.3 Å². The maximum atomic E-state index is 13.6. The molecule has 0 saturated carbocycles. The van der Waals surface area contributed by atoms with Gasteiger partial charge in [-0.2, -0.15) is 0 Å². The van der Waals surface area contributed by atoms with E-state index in [1.165, 1.54) is 4.68 Å². The Kier molecular flexibility index (Phi) is 6.82. The van der Waals surface area contributed by atoms with Gasteiger partial charge in [-0.3, -0.25) is 14.9 Å². The number of methoxy groups -OCH3 is 3. The van der Waals surface area contributed by atoms with E-state index in [-0.39, 0.29) is 5.56 Å². The molecule has 0 aliphatic rings. The molecule has 0 radical (unpaired) electrons. The van der Waals surface area contributed by atoms with Crippen LogP contribution in [0.5, 0.6) is 17.2 Å². The third-order valence-corrected chi connectivity index (χ3v) is 5.59. The molecule has 1 heterocycles. The highest BCUT2D eigenvalue weighted by atomic mass is 16.5. The number of aliphatic imine (C=N–C) groups is 1. The zero-order chi connectivity index (χ0) is 24.1. The first kappa shape index (κ1) is 22.9. The van der Waals surface area contributed by atoms with Crippen molar-refractivity contribution in [3.8, 4) is 34.2 Å². The fraction of sp³-hybridized carbons (Fsp3) is 0.185. The molecule has 0 aliphatic heterocycles. The highest BCUT2D eigenvalue weighted by molar-refractivity contribution is 6.03. The largest absolute Gasteiger partial charge is 0.497 e. The summed E-state index contributed by atoms with van der Waals surface area (Å²) in [6.07, 6.45) is 0. The Morgan fingerprint density at radius 1 is 0.853 bits per heavy atom. The maximum Gasteiger partial charge on any atom is 0.280 e. The van der Waals surface area contributed by atoms with Gasteiger partial charge in [0.1, 0.15) is 17.2 Å². The first-order valence-corrected chi connectivity index (χ1v) is 10.8. The number of aromatic amines is 1. The van der Waals surface area contributed by atoms with Crippen molar-refractivity contribution in [3.63, 3.8) is 0 Å². The van der Waals surface area contributed by atoms with Crippen molar-refractivity contribution in [1.82, 2.24) is 9.78 Å². The van der Waals surface area contributed by atoms with Crippen LogP contribution in [0.15, 0.2) is 82.6 Å². The van der Waals surface area contributed by atoms with Crippen LogP contribution in [0.4, 0.5) is 0 Å². The summed E-state index contributed by atoms with van der Waals surface area (Å²) < 4.78 is 17.4. The highest BCUT2D eigenvalue weighted by Crippen LogP contribution is 2.25. The molecule has 1 aromatic heterocycles. The number of aromatic nitrogens is 2. The van der Waals surface area contributed by atoms with E-state index in [2.05, 4.69) is 5.10 Å². The van der Waals surface area contributed by atoms with Crippen molar-refractivity contribution >= 4 is 5.71 Å². The number of H-pyrrole nitrogens is 1. The van der Waals surface area contributed by atoms with E-state index in [0.717, 1.165) is 28.4 Å². The Morgan fingerprint density at radius 3 is 2.09 bits per heavy atom. The van der Waals surface area contributed by atoms with Gasteiger partial charge in [0.25, 0.3) is 5.56 Å². The Bertz CT molecular complexity index is 1350. The van der Waals surface area contributed by atoms with Crippen LogP contribution in [0.3, 0.4) is 0 Å². The maximum absolute atomic E-state index is 13.6. The van der Waals surface area contributed by atoms with Crippen LogP contribution in [-0.2, 0) is 6.54 Å². The van der Waals surface area contributed by atoms with Crippen LogP contribution in [-0.4, -0.2) is 36.8 Å². The summed E-state index contributed by atoms with van der Waals surface area (Å²) >= 11 is 0. The number of nitrogens with one attached hydrogen (secondary N) is 1. The smallest absolute Gasteiger partial charge is 0.280 e. The molecule has 0 atom stereocenters. The van der Waals surface area contributed by atoms with Crippen LogP contribution in [0.25, 0.3) is 16.9 Å². The summed E-state index contributed by atoms with van der Waals surface area (Å²) in [5.41, 5.74) is 4.23. The van der Waals surface area contributed by atoms with Gasteiger partial charge in [0.15, 0.2) is 0 Å². The molecular formula is C27H27N3O4. The van der Waals surface area contributed by atoms with E-state index in [0.29, 0.717) is 29.2 Å². The second kappa shape index (κ2) is 10.1. The fourth-order valence-electron chi connectivity index (χ4n) is 3.71. The van der Waals surface area contributed by atoms with Gasteiger partial charge in [0.2, 0.25) is 0 Å². The number of hydrogen-bond donors (Lipinski definition) is 1. The minimum Gasteiger partial charge on any atom is -0.497 e. The molecule has 0 fully saturated rings. The molecule has 174 valence electrons. The minimum absolute atomic E-state index is 0.178. The second-order valence-electron chi connectivity index (χ2n) is 7.68. The molecule has 0 aliphatic carbocycles. The molecule has 3 aromatic carbocycles. The molecule has 0 spiro atoms. The van der Waals surface area contributed by atoms with Gasteiger partial charge in [0, 0.05) is 11.3 Å². The quantitative estimate of drug-likeness (QED) is 0.383. The standard InChI is InChI=1S/C27H27N3O4/c1-18(28-17-19-6-5-7-24(16-19)34-4)25-26(20-8-12-22(32-2)13-9-20)29-30(27(25)31)21-10-14-23(33-3)15-11-21/h5-16,29H,17H2,1-4H3. The van der Waals surface area contributed by atoms with Crippen LogP contribution in [0.1, 0.15) is 18.1 Å². The Balaban J connectivity index is 1.79. The lowest BCUT2D eigenvalue weighted by Gasteiger charge is -2.06. The molecular weight excluding hydrogens is 430 g/mol. The van der Waals surface area contributed by atoms with E-state index in [4.69, 9.17) is 19.2 Å². The van der Waals surface area contributed by atoms with E-state index >= 15 is 0 Å². The van der Waals surface area contributed by atoms with Gasteiger partial charge < -0.3 is 14.2 Å². The minimum atomic E-state index is -0.178. The zero-order valence-electron chi connectivity index (χ0n) is 19.7. The average molecular weight is 458 g/mol. The van der Waals surface area contributed by atoms with Crippen LogP contribution in [0, 0.1) is 0 Å². The van der Waals surface area contributed by atoms with E-state index in [1.807, 2.05) is 79.7 Å². The number of rotatable bonds is 8. The lowest BCUT2D eigenvalue weighted by molar-refractivity contribution is 0.414. The van der Waals surface area contributed by atoms with Crippen molar-refractivity contribution in [3.05, 3.63) is 94.3 Å². The molecule has 0 bridgehead atoms. The van der Waals surface area contributed by atoms with Crippen molar-refractivity contribution in [2.45, 2.75) is 13.5 Å². The number of nitrogens with zero attached hydrogens (tertiary/aromatic N) is 2. The lowest BCUT2D eigenvalue weighted by Crippen LogP contribution is -2.19. The van der Waals surface area contributed by atoms with Crippen molar-refractivity contribution < 1.29 is 14.2 Å². The van der Waals surface area contributed by atoms with Gasteiger partial charge in [0.05, 0.1) is 44.8 Å². The predicted octanol–water partition coefficient (Wildman–Crippen LogP) is 4.87. The van der Waals surface area contributed by atoms with Gasteiger partial charge >= 0.3 is 0 Å². The SMILES string of the molecule is COc1ccc(-c2[nH]n(-c3ccc(OC)cc3)c(=O)c2C(C)=NCc2cccc(OC)c2)cc1. The third-order valence-electron chi connectivity index (χ3n) is 5.59. The van der Waals surface area contributed by atoms with Crippen molar-refractivity contribution in [2.75, 3.05) is 21.3 Å². The normalized spacial score (nSPS) is 11.4. The molecule has 0 saturated heterocycles. The molecule has 7 heteroatoms.